The van der Waals surface area contributed by atoms with Crippen LogP contribution in [-0.2, 0) is 16.3 Å². The molecule has 0 amide bonds. The molecule has 2 aliphatic heterocycles. The van der Waals surface area contributed by atoms with Crippen molar-refractivity contribution in [2.45, 2.75) is 37.1 Å². The quantitative estimate of drug-likeness (QED) is 0.905. The average Bonchev–Trinajstić information content (AvgIpc) is 2.84. The van der Waals surface area contributed by atoms with Crippen molar-refractivity contribution in [3.8, 4) is 0 Å². The Morgan fingerprint density at radius 2 is 1.95 bits per heavy atom. The van der Waals surface area contributed by atoms with Gasteiger partial charge in [-0.1, -0.05) is 29.8 Å². The second kappa shape index (κ2) is 5.71. The first kappa shape index (κ1) is 15.0. The van der Waals surface area contributed by atoms with Crippen LogP contribution >= 0.6 is 0 Å². The molecule has 116 valence electrons. The molecule has 0 aromatic heterocycles. The summed E-state index contributed by atoms with van der Waals surface area (Å²) in [5.74, 6) is 0. The van der Waals surface area contributed by atoms with Crippen LogP contribution in [0.2, 0.25) is 0 Å². The number of rotatable bonds is 3. The Morgan fingerprint density at radius 1 is 1.24 bits per heavy atom. The number of hydrogen-bond acceptors (Lipinski definition) is 4. The Morgan fingerprint density at radius 3 is 2.62 bits per heavy atom. The van der Waals surface area contributed by atoms with Crippen LogP contribution in [0.5, 0.6) is 0 Å². The predicted molar refractivity (Wildman–Crippen MR) is 85.3 cm³/mol. The standard InChI is InChI=1S/C16H24N2O2S/c1-12-3-5-13(6-4-12)7-14-10-18-11-16(21(2,19)20)8-15(18)9-17-14/h3-6,14-17H,7-11H2,1-2H3. The van der Waals surface area contributed by atoms with Crippen LogP contribution in [0.4, 0.5) is 0 Å². The monoisotopic (exact) mass is 308 g/mol. The molecule has 5 heteroatoms. The lowest BCUT2D eigenvalue weighted by atomic mass is 10.0. The fourth-order valence-corrected chi connectivity index (χ4v) is 4.51. The number of nitrogens with zero attached hydrogens (tertiary/aromatic N) is 1. The largest absolute Gasteiger partial charge is 0.311 e. The molecule has 2 heterocycles. The molecule has 4 nitrogen and oxygen atoms in total. The molecule has 3 atom stereocenters. The van der Waals surface area contributed by atoms with E-state index in [1.807, 2.05) is 0 Å². The minimum atomic E-state index is -2.91. The highest BCUT2D eigenvalue weighted by atomic mass is 32.2. The van der Waals surface area contributed by atoms with Crippen molar-refractivity contribution in [2.24, 2.45) is 0 Å². The summed E-state index contributed by atoms with van der Waals surface area (Å²) in [6, 6.07) is 9.48. The minimum Gasteiger partial charge on any atom is -0.311 e. The van der Waals surface area contributed by atoms with Crippen molar-refractivity contribution >= 4 is 9.84 Å². The first-order valence-electron chi connectivity index (χ1n) is 7.63. The molecule has 21 heavy (non-hydrogen) atoms. The molecular weight excluding hydrogens is 284 g/mol. The summed E-state index contributed by atoms with van der Waals surface area (Å²) in [6.45, 7) is 4.66. The fraction of sp³-hybridized carbons (Fsp3) is 0.625. The van der Waals surface area contributed by atoms with Crippen molar-refractivity contribution in [1.82, 2.24) is 10.2 Å². The summed E-state index contributed by atoms with van der Waals surface area (Å²) < 4.78 is 23.5. The maximum Gasteiger partial charge on any atom is 0.151 e. The Hall–Kier alpha value is -0.910. The van der Waals surface area contributed by atoms with Gasteiger partial charge in [-0.25, -0.2) is 8.42 Å². The molecule has 2 saturated heterocycles. The molecule has 2 aliphatic rings. The topological polar surface area (TPSA) is 49.4 Å². The molecule has 0 aliphatic carbocycles. The van der Waals surface area contributed by atoms with Gasteiger partial charge in [-0.15, -0.1) is 0 Å². The van der Waals surface area contributed by atoms with Crippen molar-refractivity contribution in [1.29, 1.82) is 0 Å². The van der Waals surface area contributed by atoms with Crippen molar-refractivity contribution in [3.05, 3.63) is 35.4 Å². The Labute approximate surface area is 127 Å². The van der Waals surface area contributed by atoms with Gasteiger partial charge in [-0.2, -0.15) is 0 Å². The molecule has 2 fully saturated rings. The summed E-state index contributed by atoms with van der Waals surface area (Å²) in [4.78, 5) is 2.36. The zero-order valence-corrected chi connectivity index (χ0v) is 13.6. The summed E-state index contributed by atoms with van der Waals surface area (Å²) in [6.07, 6.45) is 3.16. The van der Waals surface area contributed by atoms with Gasteiger partial charge in [0, 0.05) is 38.0 Å². The Balaban J connectivity index is 1.61. The van der Waals surface area contributed by atoms with Gasteiger partial charge in [0.2, 0.25) is 0 Å². The van der Waals surface area contributed by atoms with E-state index in [1.54, 1.807) is 0 Å². The van der Waals surface area contributed by atoms with Gasteiger partial charge in [0.05, 0.1) is 5.25 Å². The van der Waals surface area contributed by atoms with E-state index in [2.05, 4.69) is 41.4 Å². The van der Waals surface area contributed by atoms with Gasteiger partial charge in [-0.05, 0) is 25.3 Å². The van der Waals surface area contributed by atoms with Crippen LogP contribution in [0.15, 0.2) is 24.3 Å². The molecular formula is C16H24N2O2S. The van der Waals surface area contributed by atoms with E-state index in [-0.39, 0.29) is 5.25 Å². The number of sulfone groups is 1. The summed E-state index contributed by atoms with van der Waals surface area (Å²) in [7, 11) is -2.91. The SMILES string of the molecule is Cc1ccc(CC2CN3CC(S(C)(=O)=O)CC3CN2)cc1. The molecule has 0 spiro atoms. The van der Waals surface area contributed by atoms with E-state index in [4.69, 9.17) is 0 Å². The van der Waals surface area contributed by atoms with Crippen molar-refractivity contribution in [3.63, 3.8) is 0 Å². The maximum atomic E-state index is 11.7. The lowest BCUT2D eigenvalue weighted by Crippen LogP contribution is -2.54. The molecule has 0 saturated carbocycles. The Kier molecular flexibility index (Phi) is 4.08. The second-order valence-corrected chi connectivity index (χ2v) is 8.92. The van der Waals surface area contributed by atoms with E-state index >= 15 is 0 Å². The second-order valence-electron chi connectivity index (χ2n) is 6.59. The molecule has 3 unspecified atom stereocenters. The van der Waals surface area contributed by atoms with Gasteiger partial charge in [-0.3, -0.25) is 4.90 Å². The molecule has 3 rings (SSSR count). The lowest BCUT2D eigenvalue weighted by Gasteiger charge is -2.36. The van der Waals surface area contributed by atoms with Gasteiger partial charge >= 0.3 is 0 Å². The highest BCUT2D eigenvalue weighted by Gasteiger charge is 2.40. The van der Waals surface area contributed by atoms with Gasteiger partial charge in [0.1, 0.15) is 0 Å². The maximum absolute atomic E-state index is 11.7. The van der Waals surface area contributed by atoms with Crippen molar-refractivity contribution < 1.29 is 8.42 Å². The van der Waals surface area contributed by atoms with Crippen LogP contribution < -0.4 is 5.32 Å². The first-order valence-corrected chi connectivity index (χ1v) is 9.59. The zero-order chi connectivity index (χ0) is 15.0. The van der Waals surface area contributed by atoms with E-state index < -0.39 is 9.84 Å². The summed E-state index contributed by atoms with van der Waals surface area (Å²) in [5.41, 5.74) is 2.63. The molecule has 1 aromatic rings. The molecule has 1 aromatic carbocycles. The number of piperazine rings is 1. The number of aryl methyl sites for hydroxylation is 1. The van der Waals surface area contributed by atoms with Gasteiger partial charge in [0.15, 0.2) is 9.84 Å². The lowest BCUT2D eigenvalue weighted by molar-refractivity contribution is 0.173. The Bertz CT molecular complexity index is 597. The van der Waals surface area contributed by atoms with Crippen molar-refractivity contribution in [2.75, 3.05) is 25.9 Å². The van der Waals surface area contributed by atoms with Crippen LogP contribution in [0.3, 0.4) is 0 Å². The number of nitrogens with one attached hydrogen (secondary N) is 1. The van der Waals surface area contributed by atoms with Gasteiger partial charge < -0.3 is 5.32 Å². The third-order valence-electron chi connectivity index (χ3n) is 4.79. The third-order valence-corrected chi connectivity index (χ3v) is 6.35. The summed E-state index contributed by atoms with van der Waals surface area (Å²) >= 11 is 0. The van der Waals surface area contributed by atoms with Crippen LogP contribution in [0.25, 0.3) is 0 Å². The van der Waals surface area contributed by atoms with Gasteiger partial charge in [0.25, 0.3) is 0 Å². The molecule has 0 bridgehead atoms. The normalized spacial score (nSPS) is 30.3. The third kappa shape index (κ3) is 3.47. The van der Waals surface area contributed by atoms with E-state index in [0.717, 1.165) is 25.9 Å². The van der Waals surface area contributed by atoms with E-state index in [9.17, 15) is 8.42 Å². The average molecular weight is 308 g/mol. The zero-order valence-electron chi connectivity index (χ0n) is 12.7. The number of fused-ring (bicyclic) bond motifs is 1. The highest BCUT2D eigenvalue weighted by molar-refractivity contribution is 7.91. The smallest absolute Gasteiger partial charge is 0.151 e. The van der Waals surface area contributed by atoms with Crippen LogP contribution in [0.1, 0.15) is 17.5 Å². The number of benzene rings is 1. The van der Waals surface area contributed by atoms with E-state index in [0.29, 0.717) is 18.6 Å². The fourth-order valence-electron chi connectivity index (χ4n) is 3.48. The molecule has 0 radical (unpaired) electrons. The highest BCUT2D eigenvalue weighted by Crippen LogP contribution is 2.25. The molecule has 1 N–H and O–H groups in total. The van der Waals surface area contributed by atoms with Crippen LogP contribution in [-0.4, -0.2) is 56.5 Å². The first-order chi connectivity index (χ1) is 9.91. The predicted octanol–water partition coefficient (Wildman–Crippen LogP) is 0.997. The van der Waals surface area contributed by atoms with E-state index in [1.165, 1.54) is 17.4 Å². The minimum absolute atomic E-state index is 0.178. The van der Waals surface area contributed by atoms with Crippen LogP contribution in [0, 0.1) is 6.92 Å². The summed E-state index contributed by atoms with van der Waals surface area (Å²) in [5, 5.41) is 3.41. The number of hydrogen-bond donors (Lipinski definition) is 1.